The average Bonchev–Trinajstić information content (AvgIpc) is 2.48. The van der Waals surface area contributed by atoms with Gasteiger partial charge in [0, 0.05) is 19.3 Å². The molecule has 0 amide bonds. The molecule has 3 heteroatoms. The maximum atomic E-state index is 10.2. The van der Waals surface area contributed by atoms with Crippen LogP contribution < -0.4 is 9.64 Å². The quantitative estimate of drug-likeness (QED) is 0.894. The maximum absolute atomic E-state index is 10.2. The van der Waals surface area contributed by atoms with Crippen LogP contribution in [0.2, 0.25) is 0 Å². The van der Waals surface area contributed by atoms with E-state index in [9.17, 15) is 5.11 Å². The number of hydrogen-bond donors (Lipinski definition) is 1. The van der Waals surface area contributed by atoms with Crippen molar-refractivity contribution in [2.75, 3.05) is 25.6 Å². The van der Waals surface area contributed by atoms with Crippen LogP contribution in [-0.2, 0) is 0 Å². The van der Waals surface area contributed by atoms with Crippen molar-refractivity contribution in [2.45, 2.75) is 6.10 Å². The van der Waals surface area contributed by atoms with Crippen LogP contribution in [0, 0.1) is 0 Å². The SMILES string of the molecule is COc1ccc(N(C)CC(O)c2ccccc2)cc1. The molecule has 0 heterocycles. The van der Waals surface area contributed by atoms with Gasteiger partial charge in [0.05, 0.1) is 13.2 Å². The molecule has 0 spiro atoms. The minimum atomic E-state index is -0.492. The van der Waals surface area contributed by atoms with Crippen LogP contribution in [0.4, 0.5) is 5.69 Å². The molecule has 1 unspecified atom stereocenters. The predicted octanol–water partition coefficient (Wildman–Crippen LogP) is 2.87. The second kappa shape index (κ2) is 6.25. The van der Waals surface area contributed by atoms with Gasteiger partial charge < -0.3 is 14.7 Å². The van der Waals surface area contributed by atoms with Gasteiger partial charge in [0.2, 0.25) is 0 Å². The first-order valence-electron chi connectivity index (χ1n) is 6.29. The zero-order valence-electron chi connectivity index (χ0n) is 11.3. The largest absolute Gasteiger partial charge is 0.497 e. The number of anilines is 1. The second-order valence-corrected chi connectivity index (χ2v) is 4.51. The molecule has 0 aromatic heterocycles. The maximum Gasteiger partial charge on any atom is 0.119 e. The monoisotopic (exact) mass is 257 g/mol. The number of benzene rings is 2. The molecule has 0 aliphatic rings. The Morgan fingerprint density at radius 3 is 2.26 bits per heavy atom. The topological polar surface area (TPSA) is 32.7 Å². The number of nitrogens with zero attached hydrogens (tertiary/aromatic N) is 1. The Bertz CT molecular complexity index is 496. The molecule has 3 nitrogen and oxygen atoms in total. The molecule has 100 valence electrons. The summed E-state index contributed by atoms with van der Waals surface area (Å²) in [6.07, 6.45) is -0.492. The van der Waals surface area contributed by atoms with Crippen molar-refractivity contribution in [2.24, 2.45) is 0 Å². The molecule has 0 fully saturated rings. The van der Waals surface area contributed by atoms with Crippen LogP contribution in [0.25, 0.3) is 0 Å². The summed E-state index contributed by atoms with van der Waals surface area (Å²) in [5.41, 5.74) is 1.98. The van der Waals surface area contributed by atoms with E-state index in [2.05, 4.69) is 0 Å². The van der Waals surface area contributed by atoms with Gasteiger partial charge in [-0.15, -0.1) is 0 Å². The third kappa shape index (κ3) is 3.48. The van der Waals surface area contributed by atoms with Crippen LogP contribution in [0.5, 0.6) is 5.75 Å². The smallest absolute Gasteiger partial charge is 0.119 e. The standard InChI is InChI=1S/C16H19NO2/c1-17(14-8-10-15(19-2)11-9-14)12-16(18)13-6-4-3-5-7-13/h3-11,16,18H,12H2,1-2H3. The molecule has 2 aromatic carbocycles. The molecule has 0 bridgehead atoms. The van der Waals surface area contributed by atoms with E-state index in [1.165, 1.54) is 0 Å². The van der Waals surface area contributed by atoms with Crippen LogP contribution in [0.3, 0.4) is 0 Å². The summed E-state index contributed by atoms with van der Waals surface area (Å²) in [6, 6.07) is 17.5. The fourth-order valence-corrected chi connectivity index (χ4v) is 1.98. The Labute approximate surface area is 114 Å². The number of ether oxygens (including phenoxy) is 1. The van der Waals surface area contributed by atoms with E-state index in [0.717, 1.165) is 17.0 Å². The fraction of sp³-hybridized carbons (Fsp3) is 0.250. The number of hydrogen-bond acceptors (Lipinski definition) is 3. The van der Waals surface area contributed by atoms with Crippen molar-refractivity contribution < 1.29 is 9.84 Å². The Morgan fingerprint density at radius 1 is 1.05 bits per heavy atom. The molecule has 1 atom stereocenters. The molecule has 2 rings (SSSR count). The minimum Gasteiger partial charge on any atom is -0.497 e. The van der Waals surface area contributed by atoms with E-state index in [4.69, 9.17) is 4.74 Å². The molecule has 0 aliphatic heterocycles. The van der Waals surface area contributed by atoms with Crippen LogP contribution in [-0.4, -0.2) is 25.8 Å². The zero-order valence-corrected chi connectivity index (χ0v) is 11.3. The van der Waals surface area contributed by atoms with E-state index in [1.54, 1.807) is 7.11 Å². The lowest BCUT2D eigenvalue weighted by Gasteiger charge is -2.23. The predicted molar refractivity (Wildman–Crippen MR) is 77.7 cm³/mol. The Morgan fingerprint density at radius 2 is 1.68 bits per heavy atom. The zero-order chi connectivity index (χ0) is 13.7. The third-order valence-corrected chi connectivity index (χ3v) is 3.14. The average molecular weight is 257 g/mol. The van der Waals surface area contributed by atoms with E-state index in [1.807, 2.05) is 66.5 Å². The van der Waals surface area contributed by atoms with Gasteiger partial charge in [0.25, 0.3) is 0 Å². The molecule has 19 heavy (non-hydrogen) atoms. The Hall–Kier alpha value is -2.00. The molecular formula is C16H19NO2. The molecule has 0 radical (unpaired) electrons. The molecule has 0 saturated heterocycles. The highest BCUT2D eigenvalue weighted by molar-refractivity contribution is 5.48. The summed E-state index contributed by atoms with van der Waals surface area (Å²) >= 11 is 0. The lowest BCUT2D eigenvalue weighted by atomic mass is 10.1. The van der Waals surface area contributed by atoms with E-state index >= 15 is 0 Å². The van der Waals surface area contributed by atoms with Gasteiger partial charge in [0.15, 0.2) is 0 Å². The normalized spacial score (nSPS) is 11.9. The summed E-state index contributed by atoms with van der Waals surface area (Å²) in [6.45, 7) is 0.552. The van der Waals surface area contributed by atoms with Gasteiger partial charge in [0.1, 0.15) is 5.75 Å². The van der Waals surface area contributed by atoms with Gasteiger partial charge in [-0.2, -0.15) is 0 Å². The molecule has 0 saturated carbocycles. The van der Waals surface area contributed by atoms with Gasteiger partial charge in [-0.3, -0.25) is 0 Å². The lowest BCUT2D eigenvalue weighted by Crippen LogP contribution is -2.24. The van der Waals surface area contributed by atoms with Crippen molar-refractivity contribution in [3.8, 4) is 5.75 Å². The summed E-state index contributed by atoms with van der Waals surface area (Å²) in [5.74, 6) is 0.834. The third-order valence-electron chi connectivity index (χ3n) is 3.14. The van der Waals surface area contributed by atoms with Crippen molar-refractivity contribution >= 4 is 5.69 Å². The lowest BCUT2D eigenvalue weighted by molar-refractivity contribution is 0.185. The van der Waals surface area contributed by atoms with Crippen molar-refractivity contribution in [3.05, 3.63) is 60.2 Å². The van der Waals surface area contributed by atoms with Gasteiger partial charge in [-0.05, 0) is 29.8 Å². The Balaban J connectivity index is 2.02. The number of aliphatic hydroxyl groups is 1. The molecule has 0 aliphatic carbocycles. The molecule has 2 aromatic rings. The first-order chi connectivity index (χ1) is 9.20. The van der Waals surface area contributed by atoms with Gasteiger partial charge in [-0.25, -0.2) is 0 Å². The minimum absolute atomic E-state index is 0.492. The first kappa shape index (κ1) is 13.4. The van der Waals surface area contributed by atoms with Crippen molar-refractivity contribution in [1.29, 1.82) is 0 Å². The number of methoxy groups -OCH3 is 1. The number of rotatable bonds is 5. The first-order valence-corrected chi connectivity index (χ1v) is 6.29. The van der Waals surface area contributed by atoms with Crippen LogP contribution in [0.1, 0.15) is 11.7 Å². The summed E-state index contributed by atoms with van der Waals surface area (Å²) < 4.78 is 5.13. The van der Waals surface area contributed by atoms with Crippen molar-refractivity contribution in [3.63, 3.8) is 0 Å². The van der Waals surface area contributed by atoms with Crippen LogP contribution >= 0.6 is 0 Å². The van der Waals surface area contributed by atoms with Gasteiger partial charge in [-0.1, -0.05) is 30.3 Å². The van der Waals surface area contributed by atoms with E-state index in [-0.39, 0.29) is 0 Å². The highest BCUT2D eigenvalue weighted by atomic mass is 16.5. The Kier molecular flexibility index (Phi) is 4.42. The second-order valence-electron chi connectivity index (χ2n) is 4.51. The highest BCUT2D eigenvalue weighted by Crippen LogP contribution is 2.21. The number of likely N-dealkylation sites (N-methyl/N-ethyl adjacent to an activating group) is 1. The van der Waals surface area contributed by atoms with Gasteiger partial charge >= 0.3 is 0 Å². The highest BCUT2D eigenvalue weighted by Gasteiger charge is 2.10. The fourth-order valence-electron chi connectivity index (χ4n) is 1.98. The van der Waals surface area contributed by atoms with E-state index < -0.39 is 6.10 Å². The summed E-state index contributed by atoms with van der Waals surface area (Å²) in [4.78, 5) is 2.02. The van der Waals surface area contributed by atoms with Crippen LogP contribution in [0.15, 0.2) is 54.6 Å². The van der Waals surface area contributed by atoms with E-state index in [0.29, 0.717) is 6.54 Å². The summed E-state index contributed by atoms with van der Waals surface area (Å²) in [5, 5.41) is 10.2. The number of aliphatic hydroxyl groups excluding tert-OH is 1. The van der Waals surface area contributed by atoms with Crippen molar-refractivity contribution in [1.82, 2.24) is 0 Å². The molecule has 1 N–H and O–H groups in total. The summed E-state index contributed by atoms with van der Waals surface area (Å²) in [7, 11) is 3.62. The molecular weight excluding hydrogens is 238 g/mol.